The zero-order chi connectivity index (χ0) is 14.8. The van der Waals surface area contributed by atoms with Crippen LogP contribution in [0.1, 0.15) is 29.3 Å². The molecule has 0 amide bonds. The van der Waals surface area contributed by atoms with Crippen LogP contribution in [0.25, 0.3) is 10.8 Å². The van der Waals surface area contributed by atoms with Gasteiger partial charge in [-0.05, 0) is 19.2 Å². The standard InChI is InChI=1S/C17H17NO2S/c1-11-10-21-16(18-11)9-20-17-14(12(2)19)8-7-13-5-3-4-6-15(13)17/h3-8,10,12,19H,9H2,1-2H3/t12-/m0/s1. The lowest BCUT2D eigenvalue weighted by molar-refractivity contribution is 0.190. The molecule has 1 atom stereocenters. The van der Waals surface area contributed by atoms with E-state index < -0.39 is 6.10 Å². The summed E-state index contributed by atoms with van der Waals surface area (Å²) in [5.74, 6) is 0.746. The molecule has 0 aliphatic rings. The van der Waals surface area contributed by atoms with Crippen LogP contribution in [0.3, 0.4) is 0 Å². The van der Waals surface area contributed by atoms with Crippen molar-refractivity contribution in [3.05, 3.63) is 58.0 Å². The molecule has 0 unspecified atom stereocenters. The van der Waals surface area contributed by atoms with Crippen LogP contribution in [0.15, 0.2) is 41.8 Å². The van der Waals surface area contributed by atoms with E-state index >= 15 is 0 Å². The molecular weight excluding hydrogens is 282 g/mol. The molecule has 3 nitrogen and oxygen atoms in total. The summed E-state index contributed by atoms with van der Waals surface area (Å²) in [6.45, 7) is 4.15. The highest BCUT2D eigenvalue weighted by Crippen LogP contribution is 2.34. The number of aliphatic hydroxyl groups excluding tert-OH is 1. The molecule has 3 rings (SSSR count). The molecule has 0 aliphatic heterocycles. The van der Waals surface area contributed by atoms with Gasteiger partial charge in [0, 0.05) is 22.0 Å². The predicted octanol–water partition coefficient (Wildman–Crippen LogP) is 4.24. The number of fused-ring (bicyclic) bond motifs is 1. The second-order valence-corrected chi connectivity index (χ2v) is 5.99. The molecule has 4 heteroatoms. The second-order valence-electron chi connectivity index (χ2n) is 5.05. The van der Waals surface area contributed by atoms with Gasteiger partial charge in [-0.3, -0.25) is 0 Å². The van der Waals surface area contributed by atoms with Gasteiger partial charge < -0.3 is 9.84 Å². The molecule has 3 aromatic rings. The van der Waals surface area contributed by atoms with Crippen molar-refractivity contribution in [2.45, 2.75) is 26.6 Å². The van der Waals surface area contributed by atoms with Crippen LogP contribution in [0.2, 0.25) is 0 Å². The molecule has 0 saturated heterocycles. The lowest BCUT2D eigenvalue weighted by Crippen LogP contribution is -2.01. The first-order valence-corrected chi connectivity index (χ1v) is 7.76. The molecule has 21 heavy (non-hydrogen) atoms. The van der Waals surface area contributed by atoms with E-state index in [0.717, 1.165) is 32.8 Å². The van der Waals surface area contributed by atoms with Gasteiger partial charge in [0.15, 0.2) is 0 Å². The van der Waals surface area contributed by atoms with E-state index in [1.54, 1.807) is 18.3 Å². The molecule has 0 radical (unpaired) electrons. The maximum atomic E-state index is 9.97. The molecular formula is C17H17NO2S. The minimum atomic E-state index is -0.567. The predicted molar refractivity (Wildman–Crippen MR) is 85.8 cm³/mol. The average molecular weight is 299 g/mol. The van der Waals surface area contributed by atoms with Gasteiger partial charge in [-0.15, -0.1) is 11.3 Å². The summed E-state index contributed by atoms with van der Waals surface area (Å²) in [5.41, 5.74) is 1.81. The van der Waals surface area contributed by atoms with Crippen molar-refractivity contribution < 1.29 is 9.84 Å². The Morgan fingerprint density at radius 3 is 2.76 bits per heavy atom. The molecule has 0 spiro atoms. The van der Waals surface area contributed by atoms with Crippen LogP contribution in [0, 0.1) is 6.92 Å². The lowest BCUT2D eigenvalue weighted by atomic mass is 10.0. The third kappa shape index (κ3) is 2.91. The van der Waals surface area contributed by atoms with Gasteiger partial charge in [-0.1, -0.05) is 36.4 Å². The van der Waals surface area contributed by atoms with E-state index in [2.05, 4.69) is 4.98 Å². The minimum Gasteiger partial charge on any atom is -0.485 e. The Labute approximate surface area is 127 Å². The average Bonchev–Trinajstić information content (AvgIpc) is 2.90. The summed E-state index contributed by atoms with van der Waals surface area (Å²) in [5, 5.41) is 15.0. The largest absolute Gasteiger partial charge is 0.485 e. The van der Waals surface area contributed by atoms with Crippen LogP contribution in [0.5, 0.6) is 5.75 Å². The molecule has 0 fully saturated rings. The quantitative estimate of drug-likeness (QED) is 0.783. The van der Waals surface area contributed by atoms with E-state index in [-0.39, 0.29) is 0 Å². The zero-order valence-electron chi connectivity index (χ0n) is 12.0. The fraction of sp³-hybridized carbons (Fsp3) is 0.235. The monoisotopic (exact) mass is 299 g/mol. The van der Waals surface area contributed by atoms with Gasteiger partial charge in [0.1, 0.15) is 17.4 Å². The maximum absolute atomic E-state index is 9.97. The van der Waals surface area contributed by atoms with Crippen molar-refractivity contribution in [1.29, 1.82) is 0 Å². The third-order valence-corrected chi connectivity index (χ3v) is 4.31. The van der Waals surface area contributed by atoms with Gasteiger partial charge >= 0.3 is 0 Å². The number of ether oxygens (including phenoxy) is 1. The summed E-state index contributed by atoms with van der Waals surface area (Å²) < 4.78 is 6.00. The highest BCUT2D eigenvalue weighted by Gasteiger charge is 2.13. The van der Waals surface area contributed by atoms with Gasteiger partial charge in [0.2, 0.25) is 0 Å². The molecule has 1 aromatic heterocycles. The summed E-state index contributed by atoms with van der Waals surface area (Å²) in [7, 11) is 0. The van der Waals surface area contributed by atoms with Crippen molar-refractivity contribution in [1.82, 2.24) is 4.98 Å². The Kier molecular flexibility index (Phi) is 3.90. The van der Waals surface area contributed by atoms with Crippen LogP contribution >= 0.6 is 11.3 Å². The van der Waals surface area contributed by atoms with Crippen LogP contribution in [0.4, 0.5) is 0 Å². The normalized spacial score (nSPS) is 12.5. The maximum Gasteiger partial charge on any atom is 0.140 e. The second kappa shape index (κ2) is 5.84. The van der Waals surface area contributed by atoms with E-state index in [0.29, 0.717) is 6.61 Å². The lowest BCUT2D eigenvalue weighted by Gasteiger charge is -2.15. The third-order valence-electron chi connectivity index (χ3n) is 3.37. The summed E-state index contributed by atoms with van der Waals surface area (Å²) >= 11 is 1.59. The van der Waals surface area contributed by atoms with Crippen LogP contribution in [-0.4, -0.2) is 10.1 Å². The smallest absolute Gasteiger partial charge is 0.140 e. The summed E-state index contributed by atoms with van der Waals surface area (Å²) in [4.78, 5) is 4.41. The Bertz CT molecular complexity index is 764. The van der Waals surface area contributed by atoms with E-state index in [4.69, 9.17) is 4.74 Å². The highest BCUT2D eigenvalue weighted by atomic mass is 32.1. The Morgan fingerprint density at radius 2 is 2.05 bits per heavy atom. The van der Waals surface area contributed by atoms with E-state index in [9.17, 15) is 5.11 Å². The van der Waals surface area contributed by atoms with Gasteiger partial charge in [-0.25, -0.2) is 4.98 Å². The molecule has 108 valence electrons. The molecule has 0 bridgehead atoms. The van der Waals surface area contributed by atoms with Crippen LogP contribution < -0.4 is 4.74 Å². The fourth-order valence-corrected chi connectivity index (χ4v) is 3.04. The number of aromatic nitrogens is 1. The first-order chi connectivity index (χ1) is 10.1. The van der Waals surface area contributed by atoms with Crippen molar-refractivity contribution >= 4 is 22.1 Å². The number of hydrogen-bond acceptors (Lipinski definition) is 4. The topological polar surface area (TPSA) is 42.4 Å². The van der Waals surface area contributed by atoms with Crippen LogP contribution in [-0.2, 0) is 6.61 Å². The number of thiazole rings is 1. The van der Waals surface area contributed by atoms with Crippen molar-refractivity contribution in [2.24, 2.45) is 0 Å². The number of hydrogen-bond donors (Lipinski definition) is 1. The Balaban J connectivity index is 1.99. The first kappa shape index (κ1) is 14.0. The number of nitrogens with zero attached hydrogens (tertiary/aromatic N) is 1. The highest BCUT2D eigenvalue weighted by molar-refractivity contribution is 7.09. The summed E-state index contributed by atoms with van der Waals surface area (Å²) in [6, 6.07) is 12.0. The van der Waals surface area contributed by atoms with Crippen molar-refractivity contribution in [3.8, 4) is 5.75 Å². The molecule has 1 heterocycles. The minimum absolute atomic E-state index is 0.423. The zero-order valence-corrected chi connectivity index (χ0v) is 12.9. The summed E-state index contributed by atoms with van der Waals surface area (Å²) in [6.07, 6.45) is -0.567. The molecule has 0 saturated carbocycles. The Morgan fingerprint density at radius 1 is 1.24 bits per heavy atom. The number of aryl methyl sites for hydroxylation is 1. The fourth-order valence-electron chi connectivity index (χ4n) is 2.35. The number of rotatable bonds is 4. The van der Waals surface area contributed by atoms with Gasteiger partial charge in [-0.2, -0.15) is 0 Å². The number of benzene rings is 2. The Hall–Kier alpha value is -1.91. The van der Waals surface area contributed by atoms with Crippen molar-refractivity contribution in [3.63, 3.8) is 0 Å². The SMILES string of the molecule is Cc1csc(COc2c([C@H](C)O)ccc3ccccc23)n1. The van der Waals surface area contributed by atoms with Gasteiger partial charge in [0.25, 0.3) is 0 Å². The molecule has 0 aliphatic carbocycles. The first-order valence-electron chi connectivity index (χ1n) is 6.88. The molecule has 1 N–H and O–H groups in total. The van der Waals surface area contributed by atoms with Gasteiger partial charge in [0.05, 0.1) is 6.10 Å². The van der Waals surface area contributed by atoms with E-state index in [1.807, 2.05) is 48.7 Å². The molecule has 2 aromatic carbocycles. The van der Waals surface area contributed by atoms with Crippen molar-refractivity contribution in [2.75, 3.05) is 0 Å². The number of aliphatic hydroxyl groups is 1. The van der Waals surface area contributed by atoms with E-state index in [1.165, 1.54) is 0 Å².